The zero-order valence-electron chi connectivity index (χ0n) is 19.8. The van der Waals surface area contributed by atoms with Crippen LogP contribution in [0.2, 0.25) is 5.02 Å². The van der Waals surface area contributed by atoms with E-state index in [-0.39, 0.29) is 21.8 Å². The maximum atomic E-state index is 13.7. The van der Waals surface area contributed by atoms with E-state index in [0.717, 1.165) is 17.2 Å². The molecule has 38 heavy (non-hydrogen) atoms. The molecule has 0 spiro atoms. The first-order valence-electron chi connectivity index (χ1n) is 11.1. The van der Waals surface area contributed by atoms with Gasteiger partial charge in [-0.3, -0.25) is 9.59 Å². The topological polar surface area (TPSA) is 84.2 Å². The third-order valence-electron chi connectivity index (χ3n) is 6.55. The maximum absolute atomic E-state index is 13.7. The van der Waals surface area contributed by atoms with Gasteiger partial charge in [-0.05, 0) is 73.0 Å². The van der Waals surface area contributed by atoms with Crippen LogP contribution in [0.15, 0.2) is 48.5 Å². The van der Waals surface area contributed by atoms with Crippen molar-refractivity contribution in [2.75, 3.05) is 16.4 Å². The lowest BCUT2D eigenvalue weighted by Crippen LogP contribution is -2.18. The molecule has 2 atom stereocenters. The standard InChI is InChI=1S/C26H20Cl3F4N3O2/c1-11-12(2)20(8-7-19(11)34)36-23(37)15-10-14(4-5-17(15)27)35-24(38)22-21(25(22,28)29)13-3-6-18(30)16(9-13)26(31,32)33/h3-10,21-22H,34H2,1-2H3,(H,35,38)(H,36,37)/t21-,22+/m0/s1. The van der Waals surface area contributed by atoms with Crippen molar-refractivity contribution in [1.29, 1.82) is 0 Å². The Hall–Kier alpha value is -3.01. The molecule has 0 aromatic heterocycles. The molecule has 0 saturated heterocycles. The van der Waals surface area contributed by atoms with Crippen LogP contribution in [0, 0.1) is 25.6 Å². The van der Waals surface area contributed by atoms with E-state index in [4.69, 9.17) is 40.5 Å². The van der Waals surface area contributed by atoms with Crippen molar-refractivity contribution in [3.05, 3.63) is 87.2 Å². The first kappa shape index (κ1) is 28.0. The van der Waals surface area contributed by atoms with Crippen molar-refractivity contribution in [3.8, 4) is 0 Å². The number of hydrogen-bond donors (Lipinski definition) is 3. The molecule has 5 nitrogen and oxygen atoms in total. The van der Waals surface area contributed by atoms with Gasteiger partial charge in [0.15, 0.2) is 0 Å². The summed E-state index contributed by atoms with van der Waals surface area (Å²) in [4.78, 5) is 25.9. The molecule has 0 aliphatic heterocycles. The van der Waals surface area contributed by atoms with E-state index >= 15 is 0 Å². The highest BCUT2D eigenvalue weighted by atomic mass is 35.5. The highest BCUT2D eigenvalue weighted by molar-refractivity contribution is 6.53. The largest absolute Gasteiger partial charge is 0.419 e. The van der Waals surface area contributed by atoms with Gasteiger partial charge in [0.25, 0.3) is 5.91 Å². The molecular formula is C26H20Cl3F4N3O2. The molecule has 1 aliphatic rings. The number of nitrogen functional groups attached to an aromatic ring is 1. The first-order valence-corrected chi connectivity index (χ1v) is 12.3. The minimum atomic E-state index is -4.93. The molecule has 2 amide bonds. The van der Waals surface area contributed by atoms with Crippen LogP contribution in [0.25, 0.3) is 0 Å². The summed E-state index contributed by atoms with van der Waals surface area (Å²) in [5.74, 6) is -4.84. The fraction of sp³-hybridized carbons (Fsp3) is 0.231. The SMILES string of the molecule is Cc1c(N)ccc(NC(=O)c2cc(NC(=O)[C@H]3[C@H](c4ccc(F)c(C(F)(F)F)c4)C3(Cl)Cl)ccc2Cl)c1C. The second kappa shape index (κ2) is 9.94. The van der Waals surface area contributed by atoms with E-state index in [1.165, 1.54) is 18.2 Å². The lowest BCUT2D eigenvalue weighted by Gasteiger charge is -2.14. The minimum Gasteiger partial charge on any atom is -0.399 e. The van der Waals surface area contributed by atoms with Gasteiger partial charge in [-0.1, -0.05) is 17.7 Å². The Bertz CT molecular complexity index is 1460. The Morgan fingerprint density at radius 2 is 1.66 bits per heavy atom. The molecule has 200 valence electrons. The number of hydrogen-bond acceptors (Lipinski definition) is 3. The zero-order chi connectivity index (χ0) is 28.2. The fourth-order valence-electron chi connectivity index (χ4n) is 4.19. The molecule has 0 radical (unpaired) electrons. The quantitative estimate of drug-likeness (QED) is 0.164. The van der Waals surface area contributed by atoms with Gasteiger partial charge in [0.1, 0.15) is 10.2 Å². The van der Waals surface area contributed by atoms with Gasteiger partial charge < -0.3 is 16.4 Å². The summed E-state index contributed by atoms with van der Waals surface area (Å²) in [7, 11) is 0. The van der Waals surface area contributed by atoms with Crippen molar-refractivity contribution in [1.82, 2.24) is 0 Å². The lowest BCUT2D eigenvalue weighted by molar-refractivity contribution is -0.140. The Labute approximate surface area is 230 Å². The van der Waals surface area contributed by atoms with Crippen LogP contribution in [0.5, 0.6) is 0 Å². The smallest absolute Gasteiger partial charge is 0.399 e. The number of carbonyl (C=O) groups excluding carboxylic acids is 2. The highest BCUT2D eigenvalue weighted by Crippen LogP contribution is 2.65. The van der Waals surface area contributed by atoms with Crippen LogP contribution >= 0.6 is 34.8 Å². The molecule has 0 bridgehead atoms. The molecule has 0 heterocycles. The molecule has 1 fully saturated rings. The van der Waals surface area contributed by atoms with E-state index in [0.29, 0.717) is 23.5 Å². The summed E-state index contributed by atoms with van der Waals surface area (Å²) in [6.45, 7) is 3.62. The molecule has 1 saturated carbocycles. The van der Waals surface area contributed by atoms with Crippen LogP contribution in [-0.4, -0.2) is 16.1 Å². The van der Waals surface area contributed by atoms with Crippen LogP contribution < -0.4 is 16.4 Å². The van der Waals surface area contributed by atoms with Gasteiger partial charge in [-0.2, -0.15) is 13.2 Å². The van der Waals surface area contributed by atoms with E-state index < -0.39 is 45.5 Å². The van der Waals surface area contributed by atoms with Gasteiger partial charge in [0.2, 0.25) is 5.91 Å². The Morgan fingerprint density at radius 3 is 2.32 bits per heavy atom. The van der Waals surface area contributed by atoms with Crippen LogP contribution in [0.4, 0.5) is 34.6 Å². The number of carbonyl (C=O) groups is 2. The average Bonchev–Trinajstić information content (AvgIpc) is 3.42. The Balaban J connectivity index is 1.53. The number of nitrogens with two attached hydrogens (primary N) is 1. The van der Waals surface area contributed by atoms with Crippen molar-refractivity contribution >= 4 is 63.7 Å². The molecule has 0 unspecified atom stereocenters. The first-order chi connectivity index (χ1) is 17.6. The second-order valence-electron chi connectivity index (χ2n) is 8.96. The van der Waals surface area contributed by atoms with E-state index in [1.54, 1.807) is 19.1 Å². The van der Waals surface area contributed by atoms with Crippen LogP contribution in [0.1, 0.15) is 38.5 Å². The van der Waals surface area contributed by atoms with Crippen molar-refractivity contribution in [2.24, 2.45) is 5.92 Å². The summed E-state index contributed by atoms with van der Waals surface area (Å²) in [6.07, 6.45) is -4.93. The number of amides is 2. The number of benzene rings is 3. The number of anilines is 3. The molecule has 4 rings (SSSR count). The van der Waals surface area contributed by atoms with Crippen molar-refractivity contribution in [2.45, 2.75) is 30.3 Å². The fourth-order valence-corrected chi connectivity index (χ4v) is 5.22. The van der Waals surface area contributed by atoms with Gasteiger partial charge in [-0.25, -0.2) is 4.39 Å². The Morgan fingerprint density at radius 1 is 0.974 bits per heavy atom. The van der Waals surface area contributed by atoms with Crippen LogP contribution in [-0.2, 0) is 11.0 Å². The Kier molecular flexibility index (Phi) is 7.33. The predicted molar refractivity (Wildman–Crippen MR) is 140 cm³/mol. The lowest BCUT2D eigenvalue weighted by atomic mass is 10.0. The summed E-state index contributed by atoms with van der Waals surface area (Å²) >= 11 is 18.7. The zero-order valence-corrected chi connectivity index (χ0v) is 22.1. The number of nitrogens with one attached hydrogen (secondary N) is 2. The number of alkyl halides is 5. The van der Waals surface area contributed by atoms with Crippen molar-refractivity contribution < 1.29 is 27.2 Å². The molecule has 3 aromatic carbocycles. The molecule has 12 heteroatoms. The van der Waals surface area contributed by atoms with Gasteiger partial charge in [0, 0.05) is 23.0 Å². The maximum Gasteiger partial charge on any atom is 0.419 e. The second-order valence-corrected chi connectivity index (χ2v) is 10.8. The summed E-state index contributed by atoms with van der Waals surface area (Å²) < 4.78 is 51.4. The molecule has 4 N–H and O–H groups in total. The van der Waals surface area contributed by atoms with Gasteiger partial charge in [0.05, 0.1) is 22.1 Å². The number of rotatable bonds is 5. The summed E-state index contributed by atoms with van der Waals surface area (Å²) in [5.41, 5.74) is 7.30. The van der Waals surface area contributed by atoms with Crippen molar-refractivity contribution in [3.63, 3.8) is 0 Å². The van der Waals surface area contributed by atoms with E-state index in [9.17, 15) is 27.2 Å². The van der Waals surface area contributed by atoms with Gasteiger partial charge >= 0.3 is 6.18 Å². The normalized spacial score (nSPS) is 18.1. The number of halogens is 7. The van der Waals surface area contributed by atoms with E-state index in [2.05, 4.69) is 10.6 Å². The predicted octanol–water partition coefficient (Wildman–Crippen LogP) is 7.48. The van der Waals surface area contributed by atoms with Crippen LogP contribution in [0.3, 0.4) is 0 Å². The van der Waals surface area contributed by atoms with Gasteiger partial charge in [-0.15, -0.1) is 23.2 Å². The third kappa shape index (κ3) is 5.28. The van der Waals surface area contributed by atoms with E-state index in [1.807, 2.05) is 6.92 Å². The highest BCUT2D eigenvalue weighted by Gasteiger charge is 2.67. The minimum absolute atomic E-state index is 0.0331. The third-order valence-corrected chi connectivity index (χ3v) is 7.82. The monoisotopic (exact) mass is 587 g/mol. The molecular weight excluding hydrogens is 569 g/mol. The summed E-state index contributed by atoms with van der Waals surface area (Å²) in [5, 5.41) is 5.44. The summed E-state index contributed by atoms with van der Waals surface area (Å²) in [6, 6.07) is 9.86. The average molecular weight is 589 g/mol. The molecule has 3 aromatic rings. The molecule has 1 aliphatic carbocycles.